The van der Waals surface area contributed by atoms with Crippen LogP contribution in [0.1, 0.15) is 44.1 Å². The van der Waals surface area contributed by atoms with Crippen molar-refractivity contribution in [2.75, 3.05) is 0 Å². The SMILES string of the molecule is O=C(C(Cc1ccc(OCc2ccccc2)cc1)c1nccs1)C(Cc1ccc(OCc2ccccc2)cc1)c1nccs1. The second-order valence-electron chi connectivity index (χ2n) is 10.5. The van der Waals surface area contributed by atoms with E-state index in [4.69, 9.17) is 9.47 Å². The predicted octanol–water partition coefficient (Wildman–Crippen LogP) is 8.68. The lowest BCUT2D eigenvalue weighted by Gasteiger charge is -2.21. The molecule has 0 bridgehead atoms. The molecule has 220 valence electrons. The fourth-order valence-corrected chi connectivity index (χ4v) is 6.57. The van der Waals surface area contributed by atoms with Gasteiger partial charge in [-0.05, 0) is 59.4 Å². The summed E-state index contributed by atoms with van der Waals surface area (Å²) in [5.74, 6) is 0.962. The van der Waals surface area contributed by atoms with Crippen molar-refractivity contribution in [2.45, 2.75) is 37.9 Å². The van der Waals surface area contributed by atoms with E-state index in [1.165, 1.54) is 22.7 Å². The highest BCUT2D eigenvalue weighted by Gasteiger charge is 2.33. The van der Waals surface area contributed by atoms with E-state index < -0.39 is 0 Å². The van der Waals surface area contributed by atoms with Gasteiger partial charge in [-0.2, -0.15) is 0 Å². The molecule has 2 aromatic heterocycles. The molecule has 0 amide bonds. The molecule has 6 rings (SSSR count). The molecule has 0 aliphatic heterocycles. The number of nitrogens with zero attached hydrogens (tertiary/aromatic N) is 2. The molecule has 0 aliphatic carbocycles. The first-order valence-corrected chi connectivity index (χ1v) is 16.3. The summed E-state index contributed by atoms with van der Waals surface area (Å²) in [5.41, 5.74) is 4.36. The number of Topliss-reactive ketones (excluding diaryl/α,β-unsaturated/α-hetero) is 1. The van der Waals surface area contributed by atoms with Crippen LogP contribution in [0.25, 0.3) is 0 Å². The van der Waals surface area contributed by atoms with Gasteiger partial charge in [0.15, 0.2) is 5.78 Å². The second kappa shape index (κ2) is 14.7. The maximum absolute atomic E-state index is 14.4. The lowest BCUT2D eigenvalue weighted by molar-refractivity contribution is -0.122. The summed E-state index contributed by atoms with van der Waals surface area (Å²) in [6, 6.07) is 36.3. The lowest BCUT2D eigenvalue weighted by Crippen LogP contribution is -2.24. The van der Waals surface area contributed by atoms with Crippen molar-refractivity contribution in [3.63, 3.8) is 0 Å². The van der Waals surface area contributed by atoms with Gasteiger partial charge in [0, 0.05) is 23.2 Å². The Balaban J connectivity index is 1.16. The molecule has 0 saturated carbocycles. The number of rotatable bonds is 14. The second-order valence-corrected chi connectivity index (χ2v) is 12.3. The first-order valence-electron chi connectivity index (χ1n) is 14.5. The van der Waals surface area contributed by atoms with Crippen molar-refractivity contribution in [1.82, 2.24) is 9.97 Å². The van der Waals surface area contributed by atoms with Gasteiger partial charge in [-0.1, -0.05) is 84.9 Å². The number of thiazole rings is 2. The zero-order chi connectivity index (χ0) is 30.0. The Bertz CT molecular complexity index is 1580. The third-order valence-corrected chi connectivity index (χ3v) is 9.19. The van der Waals surface area contributed by atoms with E-state index >= 15 is 0 Å². The molecule has 6 aromatic rings. The Hall–Kier alpha value is -4.59. The zero-order valence-corrected chi connectivity index (χ0v) is 25.8. The van der Waals surface area contributed by atoms with Crippen LogP contribution in [0.15, 0.2) is 132 Å². The molecule has 2 atom stereocenters. The molecule has 2 unspecified atom stereocenters. The summed E-state index contributed by atoms with van der Waals surface area (Å²) < 4.78 is 12.0. The number of aromatic nitrogens is 2. The van der Waals surface area contributed by atoms with Crippen LogP contribution < -0.4 is 9.47 Å². The molecule has 0 spiro atoms. The van der Waals surface area contributed by atoms with Crippen molar-refractivity contribution >= 4 is 28.5 Å². The van der Waals surface area contributed by atoms with Gasteiger partial charge in [0.25, 0.3) is 0 Å². The van der Waals surface area contributed by atoms with Crippen LogP contribution in [0.4, 0.5) is 0 Å². The average Bonchev–Trinajstić information content (AvgIpc) is 3.82. The zero-order valence-electron chi connectivity index (χ0n) is 24.1. The summed E-state index contributed by atoms with van der Waals surface area (Å²) in [6.07, 6.45) is 4.65. The van der Waals surface area contributed by atoms with E-state index in [1.54, 1.807) is 12.4 Å². The van der Waals surface area contributed by atoms with Crippen LogP contribution in [0.2, 0.25) is 0 Å². The first-order chi connectivity index (χ1) is 21.7. The highest BCUT2D eigenvalue weighted by molar-refractivity contribution is 7.10. The quantitative estimate of drug-likeness (QED) is 0.123. The van der Waals surface area contributed by atoms with Crippen LogP contribution in [0, 0.1) is 0 Å². The molecule has 5 nitrogen and oxygen atoms in total. The highest BCUT2D eigenvalue weighted by atomic mass is 32.1. The monoisotopic (exact) mass is 616 g/mol. The molecule has 2 heterocycles. The molecule has 4 aromatic carbocycles. The normalized spacial score (nSPS) is 12.4. The highest BCUT2D eigenvalue weighted by Crippen LogP contribution is 2.34. The largest absolute Gasteiger partial charge is 0.489 e. The van der Waals surface area contributed by atoms with Crippen molar-refractivity contribution in [1.29, 1.82) is 0 Å². The van der Waals surface area contributed by atoms with Crippen LogP contribution in [0.5, 0.6) is 11.5 Å². The topological polar surface area (TPSA) is 61.3 Å². The number of ketones is 1. The standard InChI is InChI=1S/C37H32N2O3S2/c40-35(33(36-38-19-21-43-36)23-27-11-15-31(16-12-27)41-25-29-7-3-1-4-8-29)34(37-39-20-22-44-37)24-28-13-17-32(18-14-28)42-26-30-9-5-2-6-10-30/h1-22,33-34H,23-26H2. The van der Waals surface area contributed by atoms with E-state index in [9.17, 15) is 4.79 Å². The summed E-state index contributed by atoms with van der Waals surface area (Å²) in [5, 5.41) is 5.52. The van der Waals surface area contributed by atoms with Gasteiger partial charge in [-0.15, -0.1) is 22.7 Å². The average molecular weight is 617 g/mol. The van der Waals surface area contributed by atoms with Crippen molar-refractivity contribution in [2.24, 2.45) is 0 Å². The summed E-state index contributed by atoms with van der Waals surface area (Å²) >= 11 is 3.05. The summed E-state index contributed by atoms with van der Waals surface area (Å²) in [7, 11) is 0. The molecule has 0 radical (unpaired) electrons. The van der Waals surface area contributed by atoms with Gasteiger partial charge in [-0.3, -0.25) is 4.79 Å². The molecule has 0 fully saturated rings. The maximum atomic E-state index is 14.4. The van der Waals surface area contributed by atoms with E-state index in [0.717, 1.165) is 43.8 Å². The Kier molecular flexibility index (Phi) is 9.87. The number of ether oxygens (including phenoxy) is 2. The fraction of sp³-hybridized carbons (Fsp3) is 0.162. The van der Waals surface area contributed by atoms with Crippen molar-refractivity contribution in [3.05, 3.63) is 165 Å². The molecule has 0 saturated heterocycles. The Morgan fingerprint density at radius 1 is 0.545 bits per heavy atom. The van der Waals surface area contributed by atoms with Crippen LogP contribution in [-0.2, 0) is 30.8 Å². The van der Waals surface area contributed by atoms with Gasteiger partial charge in [0.1, 0.15) is 34.7 Å². The Morgan fingerprint density at radius 3 is 1.32 bits per heavy atom. The summed E-state index contributed by atoms with van der Waals surface area (Å²) in [6.45, 7) is 1.02. The maximum Gasteiger partial charge on any atom is 0.153 e. The molecular formula is C37H32N2O3S2. The van der Waals surface area contributed by atoms with Gasteiger partial charge < -0.3 is 9.47 Å². The number of hydrogen-bond acceptors (Lipinski definition) is 7. The van der Waals surface area contributed by atoms with Crippen LogP contribution >= 0.6 is 22.7 Å². The molecule has 0 aliphatic rings. The number of carbonyl (C=O) groups excluding carboxylic acids is 1. The fourth-order valence-electron chi connectivity index (χ4n) is 5.07. The number of carbonyl (C=O) groups is 1. The molecule has 7 heteroatoms. The smallest absolute Gasteiger partial charge is 0.153 e. The van der Waals surface area contributed by atoms with Crippen LogP contribution in [0.3, 0.4) is 0 Å². The lowest BCUT2D eigenvalue weighted by atomic mass is 9.85. The minimum absolute atomic E-state index is 0.128. The van der Waals surface area contributed by atoms with Crippen LogP contribution in [-0.4, -0.2) is 15.8 Å². The van der Waals surface area contributed by atoms with Gasteiger partial charge in [0.2, 0.25) is 0 Å². The summed E-state index contributed by atoms with van der Waals surface area (Å²) in [4.78, 5) is 23.5. The van der Waals surface area contributed by atoms with Gasteiger partial charge in [0.05, 0.1) is 11.8 Å². The Morgan fingerprint density at radius 2 is 0.955 bits per heavy atom. The number of benzene rings is 4. The third-order valence-electron chi connectivity index (χ3n) is 7.41. The van der Waals surface area contributed by atoms with Crippen molar-refractivity contribution in [3.8, 4) is 11.5 Å². The van der Waals surface area contributed by atoms with Crippen molar-refractivity contribution < 1.29 is 14.3 Å². The van der Waals surface area contributed by atoms with E-state index in [-0.39, 0.29) is 17.6 Å². The Labute approximate surface area is 265 Å². The minimum Gasteiger partial charge on any atom is -0.489 e. The molecular weight excluding hydrogens is 585 g/mol. The van der Waals surface area contributed by atoms with E-state index in [0.29, 0.717) is 26.1 Å². The predicted molar refractivity (Wildman–Crippen MR) is 177 cm³/mol. The third kappa shape index (κ3) is 7.86. The molecule has 0 N–H and O–H groups in total. The van der Waals surface area contributed by atoms with Gasteiger partial charge in [-0.25, -0.2) is 9.97 Å². The van der Waals surface area contributed by atoms with E-state index in [1.807, 2.05) is 120 Å². The van der Waals surface area contributed by atoms with Gasteiger partial charge >= 0.3 is 0 Å². The number of hydrogen-bond donors (Lipinski definition) is 0. The minimum atomic E-state index is -0.381. The molecule has 44 heavy (non-hydrogen) atoms. The van der Waals surface area contributed by atoms with E-state index in [2.05, 4.69) is 9.97 Å². The first kappa shape index (κ1) is 29.5.